The molecule has 2 rings (SSSR count). The summed E-state index contributed by atoms with van der Waals surface area (Å²) in [4.78, 5) is 13.5. The highest BCUT2D eigenvalue weighted by molar-refractivity contribution is 5.89. The quantitative estimate of drug-likeness (QED) is 0.891. The van der Waals surface area contributed by atoms with Gasteiger partial charge in [-0.15, -0.1) is 0 Å². The summed E-state index contributed by atoms with van der Waals surface area (Å²) in [5.74, 6) is -0.843. The first-order valence-corrected chi connectivity index (χ1v) is 6.67. The van der Waals surface area contributed by atoms with Crippen molar-refractivity contribution in [3.63, 3.8) is 0 Å². The molecule has 3 heteroatoms. The average molecular weight is 247 g/mol. The summed E-state index contributed by atoms with van der Waals surface area (Å²) in [6, 6.07) is 6.08. The number of hydrogen-bond donors (Lipinski definition) is 1. The lowest BCUT2D eigenvalue weighted by molar-refractivity contribution is 0.0696. The maximum atomic E-state index is 11.0. The molecule has 1 unspecified atom stereocenters. The van der Waals surface area contributed by atoms with E-state index in [2.05, 4.69) is 11.8 Å². The fourth-order valence-corrected chi connectivity index (χ4v) is 2.70. The second-order valence-electron chi connectivity index (χ2n) is 5.15. The van der Waals surface area contributed by atoms with Crippen LogP contribution in [0.4, 0.5) is 0 Å². The van der Waals surface area contributed by atoms with Crippen LogP contribution in [0.3, 0.4) is 0 Å². The van der Waals surface area contributed by atoms with Crippen LogP contribution in [0.2, 0.25) is 0 Å². The van der Waals surface area contributed by atoms with Gasteiger partial charge < -0.3 is 5.11 Å². The van der Waals surface area contributed by atoms with Gasteiger partial charge in [0.15, 0.2) is 0 Å². The van der Waals surface area contributed by atoms with Crippen LogP contribution in [0.25, 0.3) is 0 Å². The standard InChI is InChI=1S/C15H21NO2/c1-11-10-13(6-7-14(11)15(17)18)12(2)16-8-4-3-5-9-16/h6-7,10,12H,3-5,8-9H2,1-2H3,(H,17,18). The van der Waals surface area contributed by atoms with Gasteiger partial charge in [0.05, 0.1) is 5.56 Å². The summed E-state index contributed by atoms with van der Waals surface area (Å²) < 4.78 is 0. The van der Waals surface area contributed by atoms with E-state index in [-0.39, 0.29) is 0 Å². The molecule has 0 amide bonds. The molecule has 3 nitrogen and oxygen atoms in total. The summed E-state index contributed by atoms with van der Waals surface area (Å²) >= 11 is 0. The van der Waals surface area contributed by atoms with Crippen molar-refractivity contribution in [2.45, 2.75) is 39.2 Å². The van der Waals surface area contributed by atoms with Crippen LogP contribution >= 0.6 is 0 Å². The number of hydrogen-bond acceptors (Lipinski definition) is 2. The highest BCUT2D eigenvalue weighted by Crippen LogP contribution is 2.25. The lowest BCUT2D eigenvalue weighted by Crippen LogP contribution is -2.32. The van der Waals surface area contributed by atoms with E-state index in [1.807, 2.05) is 19.1 Å². The molecule has 0 aliphatic carbocycles. The van der Waals surface area contributed by atoms with Gasteiger partial charge in [0.1, 0.15) is 0 Å². The Bertz CT molecular complexity index is 436. The van der Waals surface area contributed by atoms with E-state index in [1.54, 1.807) is 6.07 Å². The molecule has 0 spiro atoms. The van der Waals surface area contributed by atoms with Crippen LogP contribution in [0, 0.1) is 6.92 Å². The molecule has 0 aromatic heterocycles. The lowest BCUT2D eigenvalue weighted by atomic mass is 9.99. The second-order valence-corrected chi connectivity index (χ2v) is 5.15. The molecule has 18 heavy (non-hydrogen) atoms. The Morgan fingerprint density at radius 1 is 1.28 bits per heavy atom. The molecule has 1 aromatic carbocycles. The Morgan fingerprint density at radius 3 is 2.50 bits per heavy atom. The first-order valence-electron chi connectivity index (χ1n) is 6.67. The van der Waals surface area contributed by atoms with Gasteiger partial charge in [-0.2, -0.15) is 0 Å². The number of rotatable bonds is 3. The summed E-state index contributed by atoms with van der Waals surface area (Å²) in [5, 5.41) is 9.03. The van der Waals surface area contributed by atoms with Crippen molar-refractivity contribution in [2.75, 3.05) is 13.1 Å². The van der Waals surface area contributed by atoms with Gasteiger partial charge in [-0.3, -0.25) is 4.90 Å². The maximum Gasteiger partial charge on any atom is 0.335 e. The van der Waals surface area contributed by atoms with E-state index >= 15 is 0 Å². The van der Waals surface area contributed by atoms with Crippen molar-refractivity contribution >= 4 is 5.97 Å². The van der Waals surface area contributed by atoms with Crippen molar-refractivity contribution in [2.24, 2.45) is 0 Å². The fraction of sp³-hybridized carbons (Fsp3) is 0.533. The van der Waals surface area contributed by atoms with Gasteiger partial charge >= 0.3 is 5.97 Å². The maximum absolute atomic E-state index is 11.0. The van der Waals surface area contributed by atoms with Crippen molar-refractivity contribution in [1.29, 1.82) is 0 Å². The van der Waals surface area contributed by atoms with Gasteiger partial charge in [-0.05, 0) is 57.0 Å². The Balaban J connectivity index is 2.17. The third-order valence-electron chi connectivity index (χ3n) is 3.90. The predicted octanol–water partition coefficient (Wildman–Crippen LogP) is 3.24. The molecule has 1 aliphatic heterocycles. The molecule has 1 fully saturated rings. The van der Waals surface area contributed by atoms with Crippen LogP contribution in [0.15, 0.2) is 18.2 Å². The smallest absolute Gasteiger partial charge is 0.335 e. The van der Waals surface area contributed by atoms with Gasteiger partial charge in [-0.1, -0.05) is 18.6 Å². The number of aromatic carboxylic acids is 1. The molecule has 1 aromatic rings. The van der Waals surface area contributed by atoms with E-state index in [0.717, 1.165) is 18.7 Å². The lowest BCUT2D eigenvalue weighted by Gasteiger charge is -2.32. The first-order chi connectivity index (χ1) is 8.59. The van der Waals surface area contributed by atoms with Crippen molar-refractivity contribution in [3.05, 3.63) is 34.9 Å². The molecule has 1 aliphatic rings. The minimum absolute atomic E-state index is 0.381. The zero-order chi connectivity index (χ0) is 13.1. The molecule has 0 saturated carbocycles. The molecular weight excluding hydrogens is 226 g/mol. The average Bonchev–Trinajstić information content (AvgIpc) is 2.38. The van der Waals surface area contributed by atoms with Crippen LogP contribution < -0.4 is 0 Å². The number of carboxylic acid groups (broad SMARTS) is 1. The van der Waals surface area contributed by atoms with Gasteiger partial charge in [-0.25, -0.2) is 4.79 Å². The molecule has 1 saturated heterocycles. The summed E-state index contributed by atoms with van der Waals surface area (Å²) in [6.45, 7) is 6.39. The number of likely N-dealkylation sites (tertiary alicyclic amines) is 1. The minimum atomic E-state index is -0.843. The predicted molar refractivity (Wildman–Crippen MR) is 72.0 cm³/mol. The van der Waals surface area contributed by atoms with E-state index in [1.165, 1.54) is 24.8 Å². The zero-order valence-electron chi connectivity index (χ0n) is 11.1. The zero-order valence-corrected chi connectivity index (χ0v) is 11.1. The van der Waals surface area contributed by atoms with Gasteiger partial charge in [0, 0.05) is 6.04 Å². The summed E-state index contributed by atoms with van der Waals surface area (Å²) in [5.41, 5.74) is 2.48. The van der Waals surface area contributed by atoms with Crippen molar-refractivity contribution in [3.8, 4) is 0 Å². The number of carbonyl (C=O) groups is 1. The van der Waals surface area contributed by atoms with Crippen molar-refractivity contribution in [1.82, 2.24) is 4.90 Å². The van der Waals surface area contributed by atoms with Crippen LogP contribution in [0.5, 0.6) is 0 Å². The molecule has 0 bridgehead atoms. The SMILES string of the molecule is Cc1cc(C(C)N2CCCCC2)ccc1C(=O)O. The normalized spacial score (nSPS) is 18.6. The van der Waals surface area contributed by atoms with E-state index < -0.39 is 5.97 Å². The Kier molecular flexibility index (Phi) is 4.02. The Hall–Kier alpha value is -1.35. The number of benzene rings is 1. The third kappa shape index (κ3) is 2.72. The van der Waals surface area contributed by atoms with Crippen LogP contribution in [0.1, 0.15) is 53.7 Å². The molecule has 0 radical (unpaired) electrons. The topological polar surface area (TPSA) is 40.5 Å². The molecule has 1 atom stereocenters. The Morgan fingerprint density at radius 2 is 1.94 bits per heavy atom. The number of carboxylic acids is 1. The van der Waals surface area contributed by atoms with E-state index in [9.17, 15) is 4.79 Å². The van der Waals surface area contributed by atoms with E-state index in [0.29, 0.717) is 11.6 Å². The molecule has 1 heterocycles. The van der Waals surface area contributed by atoms with Crippen LogP contribution in [-0.2, 0) is 0 Å². The number of aryl methyl sites for hydroxylation is 1. The van der Waals surface area contributed by atoms with Gasteiger partial charge in [0.25, 0.3) is 0 Å². The molecular formula is C15H21NO2. The monoisotopic (exact) mass is 247 g/mol. The highest BCUT2D eigenvalue weighted by Gasteiger charge is 2.19. The van der Waals surface area contributed by atoms with Gasteiger partial charge in [0.2, 0.25) is 0 Å². The summed E-state index contributed by atoms with van der Waals surface area (Å²) in [6.07, 6.45) is 3.88. The summed E-state index contributed by atoms with van der Waals surface area (Å²) in [7, 11) is 0. The van der Waals surface area contributed by atoms with Crippen molar-refractivity contribution < 1.29 is 9.90 Å². The molecule has 1 N–H and O–H groups in total. The Labute approximate surface area is 108 Å². The number of nitrogens with zero attached hydrogens (tertiary/aromatic N) is 1. The first kappa shape index (κ1) is 13.1. The fourth-order valence-electron chi connectivity index (χ4n) is 2.70. The highest BCUT2D eigenvalue weighted by atomic mass is 16.4. The second kappa shape index (κ2) is 5.53. The minimum Gasteiger partial charge on any atom is -0.478 e. The third-order valence-corrected chi connectivity index (χ3v) is 3.90. The molecule has 98 valence electrons. The number of piperidine rings is 1. The van der Waals surface area contributed by atoms with E-state index in [4.69, 9.17) is 5.11 Å². The largest absolute Gasteiger partial charge is 0.478 e. The van der Waals surface area contributed by atoms with Crippen LogP contribution in [-0.4, -0.2) is 29.1 Å².